The van der Waals surface area contributed by atoms with E-state index < -0.39 is 6.09 Å². The highest BCUT2D eigenvalue weighted by atomic mass is 35.5. The average Bonchev–Trinajstić information content (AvgIpc) is 2.66. The standard InChI is InChI=1S/C21H31Cl2N3O2/c1-14-3-8-18(20(23)19(14)22)26-12-11-25(13-15(26)2)10-9-16-4-6-17(7-5-16)28-21(24)27/h3,8,15-17H,4-7,9-13H2,1-2H3,(H2,24,27)/t15-,16-,17-/m1/s1. The van der Waals surface area contributed by atoms with Gasteiger partial charge in [-0.25, -0.2) is 4.79 Å². The molecule has 1 aromatic carbocycles. The molecule has 1 saturated heterocycles. The molecule has 1 atom stereocenters. The van der Waals surface area contributed by atoms with Crippen LogP contribution in [-0.2, 0) is 4.74 Å². The number of nitrogens with zero attached hydrogens (tertiary/aromatic N) is 2. The Morgan fingerprint density at radius 1 is 1.18 bits per heavy atom. The molecule has 3 rings (SSSR count). The maximum absolute atomic E-state index is 10.9. The van der Waals surface area contributed by atoms with Crippen molar-refractivity contribution in [3.8, 4) is 0 Å². The molecular weight excluding hydrogens is 397 g/mol. The van der Waals surface area contributed by atoms with Crippen LogP contribution in [0.3, 0.4) is 0 Å². The number of primary amides is 1. The number of aryl methyl sites for hydroxylation is 1. The molecule has 0 bridgehead atoms. The lowest BCUT2D eigenvalue weighted by atomic mass is 9.85. The summed E-state index contributed by atoms with van der Waals surface area (Å²) in [6.45, 7) is 8.37. The number of hydrogen-bond acceptors (Lipinski definition) is 4. The quantitative estimate of drug-likeness (QED) is 0.728. The number of amides is 1. The number of halogens is 2. The number of benzene rings is 1. The van der Waals surface area contributed by atoms with Gasteiger partial charge in [0.25, 0.3) is 0 Å². The second-order valence-corrected chi connectivity index (χ2v) is 9.00. The Hall–Kier alpha value is -1.17. The van der Waals surface area contributed by atoms with E-state index in [-0.39, 0.29) is 6.10 Å². The first kappa shape index (κ1) is 21.5. The summed E-state index contributed by atoms with van der Waals surface area (Å²) in [5, 5.41) is 1.32. The van der Waals surface area contributed by atoms with Crippen LogP contribution in [0.25, 0.3) is 0 Å². The second kappa shape index (κ2) is 9.55. The minimum Gasteiger partial charge on any atom is -0.446 e. The Labute approximate surface area is 178 Å². The van der Waals surface area contributed by atoms with Gasteiger partial charge in [0.15, 0.2) is 0 Å². The van der Waals surface area contributed by atoms with Crippen molar-refractivity contribution in [2.24, 2.45) is 11.7 Å². The van der Waals surface area contributed by atoms with Crippen LogP contribution in [0.1, 0.15) is 44.6 Å². The van der Waals surface area contributed by atoms with Crippen LogP contribution in [0, 0.1) is 12.8 Å². The smallest absolute Gasteiger partial charge is 0.404 e. The van der Waals surface area contributed by atoms with Crippen LogP contribution in [-0.4, -0.2) is 49.3 Å². The lowest BCUT2D eigenvalue weighted by molar-refractivity contribution is 0.0676. The number of carbonyl (C=O) groups is 1. The Kier molecular flexibility index (Phi) is 7.35. The molecule has 1 heterocycles. The zero-order valence-corrected chi connectivity index (χ0v) is 18.3. The first-order valence-corrected chi connectivity index (χ1v) is 11.0. The molecule has 156 valence electrons. The van der Waals surface area contributed by atoms with Crippen LogP contribution < -0.4 is 10.6 Å². The number of ether oxygens (including phenoxy) is 1. The Morgan fingerprint density at radius 2 is 1.89 bits per heavy atom. The van der Waals surface area contributed by atoms with E-state index in [2.05, 4.69) is 22.8 Å². The summed E-state index contributed by atoms with van der Waals surface area (Å²) < 4.78 is 5.13. The first-order chi connectivity index (χ1) is 13.3. The van der Waals surface area contributed by atoms with Gasteiger partial charge < -0.3 is 15.4 Å². The lowest BCUT2D eigenvalue weighted by Crippen LogP contribution is -2.52. The van der Waals surface area contributed by atoms with Crippen molar-refractivity contribution in [2.75, 3.05) is 31.1 Å². The highest BCUT2D eigenvalue weighted by molar-refractivity contribution is 6.44. The third-order valence-electron chi connectivity index (χ3n) is 6.21. The van der Waals surface area contributed by atoms with Gasteiger partial charge in [0.2, 0.25) is 0 Å². The summed E-state index contributed by atoms with van der Waals surface area (Å²) in [7, 11) is 0. The fourth-order valence-electron chi connectivity index (χ4n) is 4.52. The molecule has 0 aromatic heterocycles. The highest BCUT2D eigenvalue weighted by Crippen LogP contribution is 2.36. The fraction of sp³-hybridized carbons (Fsp3) is 0.667. The zero-order chi connectivity index (χ0) is 20.3. The van der Waals surface area contributed by atoms with Gasteiger partial charge in [0, 0.05) is 25.7 Å². The third-order valence-corrected chi connectivity index (χ3v) is 7.17. The van der Waals surface area contributed by atoms with Crippen molar-refractivity contribution in [3.63, 3.8) is 0 Å². The van der Waals surface area contributed by atoms with Gasteiger partial charge in [-0.15, -0.1) is 0 Å². The molecule has 0 radical (unpaired) electrons. The SMILES string of the molecule is Cc1ccc(N2CCN(CC[C@H]3CC[C@H](OC(N)=O)CC3)C[C@H]2C)c(Cl)c1Cl. The first-order valence-electron chi connectivity index (χ1n) is 10.2. The van der Waals surface area contributed by atoms with Gasteiger partial charge >= 0.3 is 6.09 Å². The molecule has 1 aliphatic heterocycles. The molecule has 0 unspecified atom stereocenters. The summed E-state index contributed by atoms with van der Waals surface area (Å²) in [6.07, 6.45) is 4.67. The lowest BCUT2D eigenvalue weighted by Gasteiger charge is -2.42. The van der Waals surface area contributed by atoms with E-state index >= 15 is 0 Å². The van der Waals surface area contributed by atoms with E-state index in [9.17, 15) is 4.79 Å². The number of hydrogen-bond donors (Lipinski definition) is 1. The van der Waals surface area contributed by atoms with Crippen LogP contribution in [0.2, 0.25) is 10.0 Å². The Morgan fingerprint density at radius 3 is 2.54 bits per heavy atom. The van der Waals surface area contributed by atoms with E-state index in [1.165, 1.54) is 6.42 Å². The van der Waals surface area contributed by atoms with Gasteiger partial charge in [-0.3, -0.25) is 4.90 Å². The maximum atomic E-state index is 10.9. The van der Waals surface area contributed by atoms with Crippen molar-refractivity contribution in [2.45, 2.75) is 58.1 Å². The highest BCUT2D eigenvalue weighted by Gasteiger charge is 2.28. The van der Waals surface area contributed by atoms with Crippen LogP contribution in [0.15, 0.2) is 12.1 Å². The van der Waals surface area contributed by atoms with Gasteiger partial charge in [0.05, 0.1) is 15.7 Å². The van der Waals surface area contributed by atoms with E-state index in [1.807, 2.05) is 13.0 Å². The Balaban J connectivity index is 1.46. The molecule has 2 fully saturated rings. The molecule has 2 N–H and O–H groups in total. The molecule has 1 aliphatic carbocycles. The number of carbonyl (C=O) groups excluding carboxylic acids is 1. The summed E-state index contributed by atoms with van der Waals surface area (Å²) in [6, 6.07) is 4.52. The zero-order valence-electron chi connectivity index (χ0n) is 16.8. The van der Waals surface area contributed by atoms with E-state index in [1.54, 1.807) is 0 Å². The molecule has 5 nitrogen and oxygen atoms in total. The van der Waals surface area contributed by atoms with Crippen molar-refractivity contribution < 1.29 is 9.53 Å². The fourth-order valence-corrected chi connectivity index (χ4v) is 5.00. The van der Waals surface area contributed by atoms with Gasteiger partial charge in [-0.1, -0.05) is 29.3 Å². The number of piperazine rings is 1. The van der Waals surface area contributed by atoms with Gasteiger partial charge in [-0.05, 0) is 70.0 Å². The molecule has 28 heavy (non-hydrogen) atoms. The minimum absolute atomic E-state index is 0.0170. The molecule has 2 aliphatic rings. The minimum atomic E-state index is -0.648. The van der Waals surface area contributed by atoms with Crippen molar-refractivity contribution in [1.82, 2.24) is 4.90 Å². The largest absolute Gasteiger partial charge is 0.446 e. The average molecular weight is 428 g/mol. The molecule has 7 heteroatoms. The topological polar surface area (TPSA) is 58.8 Å². The molecule has 1 saturated carbocycles. The van der Waals surface area contributed by atoms with Gasteiger partial charge in [0.1, 0.15) is 6.10 Å². The summed E-state index contributed by atoms with van der Waals surface area (Å²) in [4.78, 5) is 15.8. The van der Waals surface area contributed by atoms with Crippen LogP contribution >= 0.6 is 23.2 Å². The number of anilines is 1. The summed E-state index contributed by atoms with van der Waals surface area (Å²) >= 11 is 12.9. The van der Waals surface area contributed by atoms with Crippen molar-refractivity contribution in [1.29, 1.82) is 0 Å². The third kappa shape index (κ3) is 5.25. The second-order valence-electron chi connectivity index (χ2n) is 8.24. The van der Waals surface area contributed by atoms with Gasteiger partial charge in [-0.2, -0.15) is 0 Å². The predicted octanol–water partition coefficient (Wildman–Crippen LogP) is 4.86. The maximum Gasteiger partial charge on any atom is 0.404 e. The Bertz CT molecular complexity index is 692. The number of rotatable bonds is 5. The molecular formula is C21H31Cl2N3O2. The van der Waals surface area contributed by atoms with Crippen molar-refractivity contribution in [3.05, 3.63) is 27.7 Å². The molecule has 1 amide bonds. The molecule has 1 aromatic rings. The van der Waals surface area contributed by atoms with E-state index in [0.29, 0.717) is 22.0 Å². The van der Waals surface area contributed by atoms with Crippen molar-refractivity contribution >= 4 is 35.0 Å². The van der Waals surface area contributed by atoms with E-state index in [0.717, 1.165) is 63.1 Å². The normalized spacial score (nSPS) is 26.3. The van der Waals surface area contributed by atoms with Crippen LogP contribution in [0.4, 0.5) is 10.5 Å². The van der Waals surface area contributed by atoms with Crippen LogP contribution in [0.5, 0.6) is 0 Å². The molecule has 0 spiro atoms. The number of nitrogens with two attached hydrogens (primary N) is 1. The monoisotopic (exact) mass is 427 g/mol. The summed E-state index contributed by atoms with van der Waals surface area (Å²) in [5.74, 6) is 0.714. The van der Waals surface area contributed by atoms with E-state index in [4.69, 9.17) is 33.7 Å². The predicted molar refractivity (Wildman–Crippen MR) is 115 cm³/mol. The summed E-state index contributed by atoms with van der Waals surface area (Å²) in [5.41, 5.74) is 7.17.